The number of urea groups is 1. The highest BCUT2D eigenvalue weighted by atomic mass is 19.1. The Balaban J connectivity index is 1.66. The van der Waals surface area contributed by atoms with Crippen LogP contribution in [0, 0.1) is 5.82 Å². The van der Waals surface area contributed by atoms with Gasteiger partial charge in [-0.2, -0.15) is 0 Å². The van der Waals surface area contributed by atoms with Crippen LogP contribution in [0.3, 0.4) is 0 Å². The SMILES string of the molecule is COc1cc2c(cc1OC)[C@H](c1ccc(F)cc1)N(C(=O)N[C@H](C)C(=O)N1CCCC1)CC2. The van der Waals surface area contributed by atoms with Crippen molar-refractivity contribution < 1.29 is 23.5 Å². The summed E-state index contributed by atoms with van der Waals surface area (Å²) in [7, 11) is 3.15. The summed E-state index contributed by atoms with van der Waals surface area (Å²) in [6.45, 7) is 3.63. The molecule has 4 rings (SSSR count). The lowest BCUT2D eigenvalue weighted by Gasteiger charge is -2.38. The maximum Gasteiger partial charge on any atom is 0.318 e. The largest absolute Gasteiger partial charge is 0.493 e. The van der Waals surface area contributed by atoms with E-state index < -0.39 is 12.1 Å². The Morgan fingerprint density at radius 2 is 1.67 bits per heavy atom. The fraction of sp³-hybridized carbons (Fsp3) is 0.440. The van der Waals surface area contributed by atoms with Crippen LogP contribution in [-0.2, 0) is 11.2 Å². The molecule has 0 aromatic heterocycles. The highest BCUT2D eigenvalue weighted by molar-refractivity contribution is 5.87. The van der Waals surface area contributed by atoms with Gasteiger partial charge in [0.15, 0.2) is 11.5 Å². The standard InChI is InChI=1S/C25H30FN3O4/c1-16(24(30)28-11-4-5-12-28)27-25(31)29-13-10-18-14-21(32-2)22(33-3)15-20(18)23(29)17-6-8-19(26)9-7-17/h6-9,14-16,23H,4-5,10-13H2,1-3H3,(H,27,31)/t16-,23+/m1/s1. The van der Waals surface area contributed by atoms with Gasteiger partial charge < -0.3 is 24.6 Å². The van der Waals surface area contributed by atoms with Crippen LogP contribution < -0.4 is 14.8 Å². The van der Waals surface area contributed by atoms with Crippen LogP contribution in [0.2, 0.25) is 0 Å². The zero-order valence-corrected chi connectivity index (χ0v) is 19.3. The van der Waals surface area contributed by atoms with E-state index in [1.807, 2.05) is 12.1 Å². The van der Waals surface area contributed by atoms with Crippen LogP contribution in [-0.4, -0.2) is 61.6 Å². The van der Waals surface area contributed by atoms with Gasteiger partial charge in [-0.05, 0) is 67.1 Å². The molecule has 0 aliphatic carbocycles. The molecule has 0 bridgehead atoms. The molecule has 176 valence electrons. The van der Waals surface area contributed by atoms with E-state index in [0.717, 1.165) is 42.6 Å². The molecule has 2 atom stereocenters. The molecule has 0 saturated carbocycles. The minimum absolute atomic E-state index is 0.0667. The zero-order chi connectivity index (χ0) is 23.5. The number of likely N-dealkylation sites (tertiary alicyclic amines) is 1. The molecule has 0 spiro atoms. The quantitative estimate of drug-likeness (QED) is 0.749. The van der Waals surface area contributed by atoms with Crippen molar-refractivity contribution >= 4 is 11.9 Å². The number of hydrogen-bond donors (Lipinski definition) is 1. The molecular weight excluding hydrogens is 425 g/mol. The van der Waals surface area contributed by atoms with Crippen molar-refractivity contribution in [2.45, 2.75) is 38.3 Å². The number of methoxy groups -OCH3 is 2. The first-order chi connectivity index (χ1) is 15.9. The first-order valence-corrected chi connectivity index (χ1v) is 11.3. The van der Waals surface area contributed by atoms with Crippen LogP contribution in [0.1, 0.15) is 42.5 Å². The van der Waals surface area contributed by atoms with Gasteiger partial charge in [0.05, 0.1) is 20.3 Å². The molecule has 0 unspecified atom stereocenters. The van der Waals surface area contributed by atoms with Crippen molar-refractivity contribution in [2.24, 2.45) is 0 Å². The monoisotopic (exact) mass is 455 g/mol. The van der Waals surface area contributed by atoms with Crippen molar-refractivity contribution in [1.82, 2.24) is 15.1 Å². The van der Waals surface area contributed by atoms with Crippen molar-refractivity contribution in [2.75, 3.05) is 33.9 Å². The zero-order valence-electron chi connectivity index (χ0n) is 19.3. The number of amides is 3. The number of nitrogens with one attached hydrogen (secondary N) is 1. The second-order valence-electron chi connectivity index (χ2n) is 8.51. The average molecular weight is 456 g/mol. The van der Waals surface area contributed by atoms with E-state index in [9.17, 15) is 14.0 Å². The third-order valence-electron chi connectivity index (χ3n) is 6.45. The Hall–Kier alpha value is -3.29. The molecule has 1 fully saturated rings. The maximum atomic E-state index is 13.7. The number of carbonyl (C=O) groups is 2. The van der Waals surface area contributed by atoms with Gasteiger partial charge in [0.25, 0.3) is 0 Å². The van der Waals surface area contributed by atoms with Gasteiger partial charge in [0, 0.05) is 19.6 Å². The van der Waals surface area contributed by atoms with Crippen molar-refractivity contribution in [3.8, 4) is 11.5 Å². The number of ether oxygens (including phenoxy) is 2. The molecule has 0 radical (unpaired) electrons. The van der Waals surface area contributed by atoms with Crippen molar-refractivity contribution in [1.29, 1.82) is 0 Å². The van der Waals surface area contributed by atoms with Crippen LogP contribution >= 0.6 is 0 Å². The van der Waals surface area contributed by atoms with E-state index in [0.29, 0.717) is 24.5 Å². The summed E-state index contributed by atoms with van der Waals surface area (Å²) in [6, 6.07) is 8.54. The summed E-state index contributed by atoms with van der Waals surface area (Å²) in [6.07, 6.45) is 2.61. The van der Waals surface area contributed by atoms with Crippen LogP contribution in [0.25, 0.3) is 0 Å². The van der Waals surface area contributed by atoms with Gasteiger partial charge >= 0.3 is 6.03 Å². The van der Waals surface area contributed by atoms with E-state index in [1.54, 1.807) is 43.1 Å². The normalized spacial score (nSPS) is 18.5. The molecular formula is C25H30FN3O4. The van der Waals surface area contributed by atoms with E-state index >= 15 is 0 Å². The maximum absolute atomic E-state index is 13.7. The molecule has 2 aliphatic heterocycles. The number of fused-ring (bicyclic) bond motifs is 1. The highest BCUT2D eigenvalue weighted by Gasteiger charge is 2.35. The van der Waals surface area contributed by atoms with Gasteiger partial charge in [-0.15, -0.1) is 0 Å². The van der Waals surface area contributed by atoms with E-state index in [-0.39, 0.29) is 17.8 Å². The lowest BCUT2D eigenvalue weighted by molar-refractivity contribution is -0.131. The Morgan fingerprint density at radius 3 is 2.30 bits per heavy atom. The molecule has 2 aliphatic rings. The number of benzene rings is 2. The number of halogens is 1. The molecule has 1 N–H and O–H groups in total. The van der Waals surface area contributed by atoms with Gasteiger partial charge in [-0.3, -0.25) is 4.79 Å². The van der Waals surface area contributed by atoms with Crippen molar-refractivity contribution in [3.05, 3.63) is 58.9 Å². The number of carbonyl (C=O) groups excluding carboxylic acids is 2. The average Bonchev–Trinajstić information content (AvgIpc) is 3.37. The third-order valence-corrected chi connectivity index (χ3v) is 6.45. The predicted molar refractivity (Wildman–Crippen MR) is 122 cm³/mol. The molecule has 2 aromatic carbocycles. The molecule has 1 saturated heterocycles. The fourth-order valence-corrected chi connectivity index (χ4v) is 4.71. The Labute approximate surface area is 193 Å². The van der Waals surface area contributed by atoms with Crippen LogP contribution in [0.15, 0.2) is 36.4 Å². The molecule has 7 nitrogen and oxygen atoms in total. The Bertz CT molecular complexity index is 1020. The highest BCUT2D eigenvalue weighted by Crippen LogP contribution is 2.41. The molecule has 2 aromatic rings. The molecule has 8 heteroatoms. The fourth-order valence-electron chi connectivity index (χ4n) is 4.71. The second-order valence-corrected chi connectivity index (χ2v) is 8.51. The lowest BCUT2D eigenvalue weighted by atomic mass is 9.88. The summed E-state index contributed by atoms with van der Waals surface area (Å²) in [5.74, 6) is 0.769. The molecule has 2 heterocycles. The number of nitrogens with zero attached hydrogens (tertiary/aromatic N) is 2. The minimum Gasteiger partial charge on any atom is -0.493 e. The molecule has 33 heavy (non-hydrogen) atoms. The number of rotatable bonds is 5. The predicted octanol–water partition coefficient (Wildman–Crippen LogP) is 3.51. The summed E-state index contributed by atoms with van der Waals surface area (Å²) in [5.41, 5.74) is 2.70. The Kier molecular flexibility index (Phi) is 6.72. The summed E-state index contributed by atoms with van der Waals surface area (Å²) < 4.78 is 24.6. The summed E-state index contributed by atoms with van der Waals surface area (Å²) in [4.78, 5) is 29.6. The van der Waals surface area contributed by atoms with E-state index in [4.69, 9.17) is 9.47 Å². The first kappa shape index (κ1) is 22.9. The minimum atomic E-state index is -0.628. The second kappa shape index (κ2) is 9.68. The van der Waals surface area contributed by atoms with E-state index in [1.165, 1.54) is 12.1 Å². The third kappa shape index (κ3) is 4.60. The van der Waals surface area contributed by atoms with Crippen molar-refractivity contribution in [3.63, 3.8) is 0 Å². The molecule has 3 amide bonds. The summed E-state index contributed by atoms with van der Waals surface area (Å²) >= 11 is 0. The van der Waals surface area contributed by atoms with Crippen LogP contribution in [0.4, 0.5) is 9.18 Å². The topological polar surface area (TPSA) is 71.1 Å². The van der Waals surface area contributed by atoms with Gasteiger partial charge in [0.2, 0.25) is 5.91 Å². The first-order valence-electron chi connectivity index (χ1n) is 11.3. The van der Waals surface area contributed by atoms with Gasteiger partial charge in [-0.1, -0.05) is 12.1 Å². The Morgan fingerprint density at radius 1 is 1.03 bits per heavy atom. The van der Waals surface area contributed by atoms with Gasteiger partial charge in [0.1, 0.15) is 11.9 Å². The number of hydrogen-bond acceptors (Lipinski definition) is 4. The smallest absolute Gasteiger partial charge is 0.318 e. The van der Waals surface area contributed by atoms with Gasteiger partial charge in [-0.25, -0.2) is 9.18 Å². The van der Waals surface area contributed by atoms with Crippen LogP contribution in [0.5, 0.6) is 11.5 Å². The van der Waals surface area contributed by atoms with E-state index in [2.05, 4.69) is 5.32 Å². The lowest BCUT2D eigenvalue weighted by Crippen LogP contribution is -2.52. The summed E-state index contributed by atoms with van der Waals surface area (Å²) in [5, 5.41) is 2.89.